The molecule has 3 N–H and O–H groups in total. The Morgan fingerprint density at radius 2 is 1.89 bits per heavy atom. The fourth-order valence-electron chi connectivity index (χ4n) is 4.35. The smallest absolute Gasteiger partial charge is 0.0745 e. The molecule has 3 atom stereocenters. The first kappa shape index (κ1) is 13.8. The molecule has 2 heterocycles. The van der Waals surface area contributed by atoms with E-state index in [1.807, 2.05) is 0 Å². The second-order valence-corrected chi connectivity index (χ2v) is 6.59. The van der Waals surface area contributed by atoms with Gasteiger partial charge < -0.3 is 9.47 Å². The summed E-state index contributed by atoms with van der Waals surface area (Å²) in [6.07, 6.45) is 11.4. The van der Waals surface area contributed by atoms with Gasteiger partial charge in [0.15, 0.2) is 0 Å². The summed E-state index contributed by atoms with van der Waals surface area (Å²) in [7, 11) is 0. The highest BCUT2D eigenvalue weighted by molar-refractivity contribution is 4.95. The van der Waals surface area contributed by atoms with E-state index >= 15 is 0 Å². The molecule has 1 spiro atoms. The van der Waals surface area contributed by atoms with Crippen LogP contribution >= 0.6 is 0 Å². The number of rotatable bonds is 3. The van der Waals surface area contributed by atoms with Crippen LogP contribution in [0, 0.1) is 5.92 Å². The summed E-state index contributed by atoms with van der Waals surface area (Å²) in [5.74, 6) is 6.44. The van der Waals surface area contributed by atoms with Gasteiger partial charge >= 0.3 is 0 Å². The van der Waals surface area contributed by atoms with E-state index in [0.717, 1.165) is 26.1 Å². The average molecular weight is 268 g/mol. The van der Waals surface area contributed by atoms with Gasteiger partial charge in [-0.25, -0.2) is 0 Å². The third kappa shape index (κ3) is 2.97. The molecule has 0 radical (unpaired) electrons. The minimum atomic E-state index is 0.162. The highest BCUT2D eigenvalue weighted by Gasteiger charge is 2.42. The monoisotopic (exact) mass is 268 g/mol. The van der Waals surface area contributed by atoms with Gasteiger partial charge in [-0.15, -0.1) is 0 Å². The Morgan fingerprint density at radius 3 is 2.58 bits per heavy atom. The molecule has 1 aliphatic carbocycles. The minimum Gasteiger partial charge on any atom is -0.377 e. The topological polar surface area (TPSA) is 56.5 Å². The Hall–Kier alpha value is -0.160. The molecular formula is C15H28N2O2. The van der Waals surface area contributed by atoms with Crippen molar-refractivity contribution < 1.29 is 9.47 Å². The van der Waals surface area contributed by atoms with Crippen LogP contribution in [0.25, 0.3) is 0 Å². The Bertz CT molecular complexity index is 280. The Kier molecular flexibility index (Phi) is 4.42. The van der Waals surface area contributed by atoms with Gasteiger partial charge in [0, 0.05) is 13.2 Å². The second kappa shape index (κ2) is 6.08. The first-order valence-electron chi connectivity index (χ1n) is 8.05. The van der Waals surface area contributed by atoms with Gasteiger partial charge in [-0.2, -0.15) is 0 Å². The molecule has 110 valence electrons. The molecule has 2 saturated heterocycles. The van der Waals surface area contributed by atoms with Gasteiger partial charge in [-0.05, 0) is 44.4 Å². The summed E-state index contributed by atoms with van der Waals surface area (Å²) in [4.78, 5) is 0. The summed E-state index contributed by atoms with van der Waals surface area (Å²) in [5, 5.41) is 0. The normalized spacial score (nSPS) is 36.5. The van der Waals surface area contributed by atoms with Crippen molar-refractivity contribution in [3.05, 3.63) is 0 Å². The highest BCUT2D eigenvalue weighted by Crippen LogP contribution is 2.42. The van der Waals surface area contributed by atoms with E-state index in [4.69, 9.17) is 15.3 Å². The molecule has 0 bridgehead atoms. The van der Waals surface area contributed by atoms with Crippen LogP contribution < -0.4 is 11.3 Å². The van der Waals surface area contributed by atoms with Gasteiger partial charge in [0.1, 0.15) is 0 Å². The molecule has 0 aromatic carbocycles. The van der Waals surface area contributed by atoms with Crippen molar-refractivity contribution in [1.82, 2.24) is 5.43 Å². The number of nitrogens with one attached hydrogen (secondary N) is 1. The zero-order chi connectivity index (χ0) is 13.1. The van der Waals surface area contributed by atoms with Crippen molar-refractivity contribution in [3.8, 4) is 0 Å². The summed E-state index contributed by atoms with van der Waals surface area (Å²) < 4.78 is 12.0. The van der Waals surface area contributed by atoms with Crippen LogP contribution in [-0.2, 0) is 9.47 Å². The van der Waals surface area contributed by atoms with Gasteiger partial charge in [-0.1, -0.05) is 19.3 Å². The molecule has 19 heavy (non-hydrogen) atoms. The lowest BCUT2D eigenvalue weighted by atomic mass is 9.73. The number of nitrogens with two attached hydrogens (primary N) is 1. The maximum absolute atomic E-state index is 6.18. The molecular weight excluding hydrogens is 240 g/mol. The van der Waals surface area contributed by atoms with Gasteiger partial charge in [0.2, 0.25) is 0 Å². The molecule has 4 heteroatoms. The molecule has 0 aromatic rings. The van der Waals surface area contributed by atoms with E-state index in [1.54, 1.807) is 0 Å². The van der Waals surface area contributed by atoms with Gasteiger partial charge in [0.05, 0.1) is 17.7 Å². The Morgan fingerprint density at radius 1 is 1.05 bits per heavy atom. The van der Waals surface area contributed by atoms with E-state index in [2.05, 4.69) is 5.43 Å². The maximum atomic E-state index is 6.18. The van der Waals surface area contributed by atoms with E-state index in [1.165, 1.54) is 44.9 Å². The first-order valence-corrected chi connectivity index (χ1v) is 8.05. The van der Waals surface area contributed by atoms with Crippen molar-refractivity contribution in [2.45, 2.75) is 75.5 Å². The van der Waals surface area contributed by atoms with Crippen molar-refractivity contribution in [2.75, 3.05) is 13.2 Å². The number of hydrazine groups is 1. The lowest BCUT2D eigenvalue weighted by Crippen LogP contribution is -2.53. The summed E-state index contributed by atoms with van der Waals surface area (Å²) in [6.45, 7) is 1.80. The first-order chi connectivity index (χ1) is 9.33. The molecule has 0 amide bonds. The molecule has 1 saturated carbocycles. The van der Waals surface area contributed by atoms with Crippen molar-refractivity contribution in [2.24, 2.45) is 11.8 Å². The summed E-state index contributed by atoms with van der Waals surface area (Å²) in [5.41, 5.74) is 3.22. The fourth-order valence-corrected chi connectivity index (χ4v) is 4.35. The van der Waals surface area contributed by atoms with E-state index < -0.39 is 0 Å². The van der Waals surface area contributed by atoms with Crippen LogP contribution in [0.5, 0.6) is 0 Å². The van der Waals surface area contributed by atoms with Crippen LogP contribution in [0.4, 0.5) is 0 Å². The summed E-state index contributed by atoms with van der Waals surface area (Å²) >= 11 is 0. The summed E-state index contributed by atoms with van der Waals surface area (Å²) in [6, 6.07) is 0.310. The molecule has 3 rings (SSSR count). The predicted molar refractivity (Wildman–Crippen MR) is 74.6 cm³/mol. The highest BCUT2D eigenvalue weighted by atomic mass is 16.5. The van der Waals surface area contributed by atoms with Gasteiger partial charge in [0.25, 0.3) is 0 Å². The SMILES string of the molecule is NNC(C1CCOC2(CCCCC2)C1)C1CCCO1. The Labute approximate surface area is 116 Å². The molecule has 0 aromatic heterocycles. The van der Waals surface area contributed by atoms with E-state index in [0.29, 0.717) is 18.1 Å². The average Bonchev–Trinajstić information content (AvgIpc) is 2.95. The van der Waals surface area contributed by atoms with Crippen LogP contribution in [-0.4, -0.2) is 31.0 Å². The lowest BCUT2D eigenvalue weighted by Gasteiger charge is -2.46. The molecule has 4 nitrogen and oxygen atoms in total. The van der Waals surface area contributed by atoms with Crippen LogP contribution in [0.2, 0.25) is 0 Å². The number of ether oxygens (including phenoxy) is 2. The van der Waals surface area contributed by atoms with Crippen molar-refractivity contribution >= 4 is 0 Å². The zero-order valence-electron chi connectivity index (χ0n) is 11.9. The third-order valence-corrected chi connectivity index (χ3v) is 5.36. The van der Waals surface area contributed by atoms with Crippen LogP contribution in [0.15, 0.2) is 0 Å². The van der Waals surface area contributed by atoms with Crippen LogP contribution in [0.1, 0.15) is 57.8 Å². The Balaban J connectivity index is 1.65. The lowest BCUT2D eigenvalue weighted by molar-refractivity contribution is -0.127. The zero-order valence-corrected chi connectivity index (χ0v) is 11.9. The second-order valence-electron chi connectivity index (χ2n) is 6.59. The quantitative estimate of drug-likeness (QED) is 0.608. The van der Waals surface area contributed by atoms with Crippen LogP contribution in [0.3, 0.4) is 0 Å². The predicted octanol–water partition coefficient (Wildman–Crippen LogP) is 2.13. The fraction of sp³-hybridized carbons (Fsp3) is 1.00. The number of hydrogen-bond donors (Lipinski definition) is 2. The van der Waals surface area contributed by atoms with Crippen molar-refractivity contribution in [1.29, 1.82) is 0 Å². The van der Waals surface area contributed by atoms with Crippen molar-refractivity contribution in [3.63, 3.8) is 0 Å². The largest absolute Gasteiger partial charge is 0.377 e. The number of hydrogen-bond acceptors (Lipinski definition) is 4. The molecule has 2 aliphatic heterocycles. The molecule has 3 fully saturated rings. The minimum absolute atomic E-state index is 0.162. The van der Waals surface area contributed by atoms with E-state index in [-0.39, 0.29) is 5.60 Å². The van der Waals surface area contributed by atoms with Gasteiger partial charge in [-0.3, -0.25) is 11.3 Å². The molecule has 3 aliphatic rings. The van der Waals surface area contributed by atoms with E-state index in [9.17, 15) is 0 Å². The third-order valence-electron chi connectivity index (χ3n) is 5.36. The molecule has 3 unspecified atom stereocenters. The maximum Gasteiger partial charge on any atom is 0.0745 e. The standard InChI is InChI=1S/C15H28N2O2/c16-17-14(13-5-4-9-18-13)12-6-10-19-15(11-12)7-2-1-3-8-15/h12-14,17H,1-11,16H2.